The van der Waals surface area contributed by atoms with E-state index in [0.29, 0.717) is 6.10 Å². The van der Waals surface area contributed by atoms with Crippen molar-refractivity contribution in [3.63, 3.8) is 0 Å². The summed E-state index contributed by atoms with van der Waals surface area (Å²) in [5.74, 6) is 0.957. The molecule has 0 aliphatic heterocycles. The molecule has 1 saturated carbocycles. The Kier molecular flexibility index (Phi) is 4.18. The molecule has 2 aromatic carbocycles. The molecule has 2 nitrogen and oxygen atoms in total. The zero-order valence-electron chi connectivity index (χ0n) is 12.4. The van der Waals surface area contributed by atoms with Crippen LogP contribution in [0.5, 0.6) is 5.75 Å². The first kappa shape index (κ1) is 14.4. The Balaban J connectivity index is 1.84. The molecule has 0 saturated heterocycles. The van der Waals surface area contributed by atoms with Gasteiger partial charge in [-0.2, -0.15) is 0 Å². The fraction of sp³-hybridized carbons (Fsp3) is 0.333. The minimum Gasteiger partial charge on any atom is -0.490 e. The predicted molar refractivity (Wildman–Crippen MR) is 87.2 cm³/mol. The van der Waals surface area contributed by atoms with Crippen molar-refractivity contribution in [2.45, 2.75) is 31.9 Å². The Morgan fingerprint density at radius 2 is 1.81 bits per heavy atom. The van der Waals surface area contributed by atoms with Crippen LogP contribution >= 0.6 is 11.6 Å². The zero-order chi connectivity index (χ0) is 14.8. The molecule has 0 heterocycles. The quantitative estimate of drug-likeness (QED) is 0.878. The van der Waals surface area contributed by atoms with Gasteiger partial charge in [-0.05, 0) is 67.8 Å². The number of hydrogen-bond acceptors (Lipinski definition) is 2. The minimum atomic E-state index is 0.136. The van der Waals surface area contributed by atoms with Crippen LogP contribution in [0.3, 0.4) is 0 Å². The standard InChI is InChI=1S/C18H20ClNO/c1-12-9-14(11-15(19)10-12)18(20-2)13-3-5-16(6-4-13)21-17-7-8-17/h3-6,9-11,17-18,20H,7-8H2,1-2H3. The number of halogens is 1. The topological polar surface area (TPSA) is 21.3 Å². The number of benzene rings is 2. The van der Waals surface area contributed by atoms with Gasteiger partial charge in [-0.1, -0.05) is 29.8 Å². The first-order valence-corrected chi connectivity index (χ1v) is 7.74. The van der Waals surface area contributed by atoms with Crippen molar-refractivity contribution >= 4 is 11.6 Å². The lowest BCUT2D eigenvalue weighted by Gasteiger charge is -2.18. The molecular weight excluding hydrogens is 282 g/mol. The molecule has 1 fully saturated rings. The van der Waals surface area contributed by atoms with Gasteiger partial charge in [-0.3, -0.25) is 0 Å². The second kappa shape index (κ2) is 6.08. The lowest BCUT2D eigenvalue weighted by atomic mass is 9.97. The molecule has 0 amide bonds. The molecule has 1 N–H and O–H groups in total. The second-order valence-electron chi connectivity index (χ2n) is 5.67. The van der Waals surface area contributed by atoms with Crippen molar-refractivity contribution in [3.8, 4) is 5.75 Å². The highest BCUT2D eigenvalue weighted by Crippen LogP contribution is 2.29. The van der Waals surface area contributed by atoms with E-state index in [1.165, 1.54) is 29.5 Å². The number of rotatable bonds is 5. The lowest BCUT2D eigenvalue weighted by Crippen LogP contribution is -2.17. The summed E-state index contributed by atoms with van der Waals surface area (Å²) in [6.07, 6.45) is 2.80. The Morgan fingerprint density at radius 3 is 2.38 bits per heavy atom. The van der Waals surface area contributed by atoms with Crippen LogP contribution in [0.4, 0.5) is 0 Å². The minimum absolute atomic E-state index is 0.136. The first-order valence-electron chi connectivity index (χ1n) is 7.36. The SMILES string of the molecule is CNC(c1ccc(OC2CC2)cc1)c1cc(C)cc(Cl)c1. The van der Waals surface area contributed by atoms with Gasteiger partial charge < -0.3 is 10.1 Å². The number of ether oxygens (including phenoxy) is 1. The van der Waals surface area contributed by atoms with Gasteiger partial charge in [0.05, 0.1) is 12.1 Å². The van der Waals surface area contributed by atoms with Gasteiger partial charge >= 0.3 is 0 Å². The summed E-state index contributed by atoms with van der Waals surface area (Å²) >= 11 is 6.18. The highest BCUT2D eigenvalue weighted by molar-refractivity contribution is 6.30. The van der Waals surface area contributed by atoms with E-state index in [1.807, 2.05) is 19.2 Å². The third-order valence-corrected chi connectivity index (χ3v) is 3.95. The van der Waals surface area contributed by atoms with E-state index in [9.17, 15) is 0 Å². The summed E-state index contributed by atoms with van der Waals surface area (Å²) in [6.45, 7) is 2.06. The highest BCUT2D eigenvalue weighted by atomic mass is 35.5. The first-order chi connectivity index (χ1) is 10.2. The Bertz CT molecular complexity index is 599. The van der Waals surface area contributed by atoms with Crippen LogP contribution < -0.4 is 10.1 Å². The number of nitrogens with one attached hydrogen (secondary N) is 1. The van der Waals surface area contributed by atoms with Crippen molar-refractivity contribution in [2.75, 3.05) is 7.05 Å². The summed E-state index contributed by atoms with van der Waals surface area (Å²) in [7, 11) is 1.97. The monoisotopic (exact) mass is 301 g/mol. The molecule has 3 rings (SSSR count). The third-order valence-electron chi connectivity index (χ3n) is 3.73. The summed E-state index contributed by atoms with van der Waals surface area (Å²) in [4.78, 5) is 0. The maximum absolute atomic E-state index is 6.18. The van der Waals surface area contributed by atoms with Crippen molar-refractivity contribution in [1.29, 1.82) is 0 Å². The van der Waals surface area contributed by atoms with Crippen molar-refractivity contribution in [1.82, 2.24) is 5.32 Å². The van der Waals surface area contributed by atoms with Crippen LogP contribution in [0.1, 0.15) is 35.6 Å². The molecule has 1 unspecified atom stereocenters. The zero-order valence-corrected chi connectivity index (χ0v) is 13.2. The lowest BCUT2D eigenvalue weighted by molar-refractivity contribution is 0.303. The highest BCUT2D eigenvalue weighted by Gasteiger charge is 2.23. The second-order valence-corrected chi connectivity index (χ2v) is 6.11. The van der Waals surface area contributed by atoms with E-state index < -0.39 is 0 Å². The molecular formula is C18H20ClNO. The van der Waals surface area contributed by atoms with Gasteiger partial charge in [0.1, 0.15) is 5.75 Å². The summed E-state index contributed by atoms with van der Waals surface area (Å²) < 4.78 is 5.80. The maximum atomic E-state index is 6.18. The molecule has 3 heteroatoms. The van der Waals surface area contributed by atoms with E-state index in [1.54, 1.807) is 0 Å². The van der Waals surface area contributed by atoms with Gasteiger partial charge in [0.25, 0.3) is 0 Å². The van der Waals surface area contributed by atoms with Crippen LogP contribution in [0.15, 0.2) is 42.5 Å². The number of hydrogen-bond donors (Lipinski definition) is 1. The molecule has 0 aromatic heterocycles. The van der Waals surface area contributed by atoms with E-state index in [4.69, 9.17) is 16.3 Å². The van der Waals surface area contributed by atoms with E-state index in [0.717, 1.165) is 10.8 Å². The Morgan fingerprint density at radius 1 is 1.10 bits per heavy atom. The normalized spacial score (nSPS) is 15.8. The maximum Gasteiger partial charge on any atom is 0.119 e. The van der Waals surface area contributed by atoms with Crippen LogP contribution in [-0.4, -0.2) is 13.2 Å². The van der Waals surface area contributed by atoms with Crippen LogP contribution in [0, 0.1) is 6.92 Å². The largest absolute Gasteiger partial charge is 0.490 e. The average molecular weight is 302 g/mol. The molecule has 0 bridgehead atoms. The van der Waals surface area contributed by atoms with Crippen molar-refractivity contribution < 1.29 is 4.74 Å². The fourth-order valence-electron chi connectivity index (χ4n) is 2.57. The van der Waals surface area contributed by atoms with Crippen LogP contribution in [-0.2, 0) is 0 Å². The van der Waals surface area contributed by atoms with Crippen LogP contribution in [0.25, 0.3) is 0 Å². The van der Waals surface area contributed by atoms with E-state index in [2.05, 4.69) is 42.6 Å². The molecule has 110 valence electrons. The summed E-state index contributed by atoms with van der Waals surface area (Å²) in [5, 5.41) is 4.14. The molecule has 2 aromatic rings. The fourth-order valence-corrected chi connectivity index (χ4v) is 2.87. The number of aryl methyl sites for hydroxylation is 1. The molecule has 1 atom stereocenters. The van der Waals surface area contributed by atoms with Gasteiger partial charge in [0, 0.05) is 5.02 Å². The Hall–Kier alpha value is -1.51. The van der Waals surface area contributed by atoms with Crippen LogP contribution in [0.2, 0.25) is 5.02 Å². The van der Waals surface area contributed by atoms with Crippen molar-refractivity contribution in [3.05, 3.63) is 64.2 Å². The molecule has 1 aliphatic carbocycles. The smallest absolute Gasteiger partial charge is 0.119 e. The summed E-state index contributed by atoms with van der Waals surface area (Å²) in [6, 6.07) is 14.6. The summed E-state index contributed by atoms with van der Waals surface area (Å²) in [5.41, 5.74) is 3.56. The predicted octanol–water partition coefficient (Wildman–Crippen LogP) is 4.50. The van der Waals surface area contributed by atoms with Gasteiger partial charge in [-0.15, -0.1) is 0 Å². The molecule has 1 aliphatic rings. The third kappa shape index (κ3) is 3.58. The molecule has 0 radical (unpaired) electrons. The Labute approximate surface area is 131 Å². The van der Waals surface area contributed by atoms with Gasteiger partial charge in [-0.25, -0.2) is 0 Å². The molecule has 21 heavy (non-hydrogen) atoms. The van der Waals surface area contributed by atoms with E-state index >= 15 is 0 Å². The van der Waals surface area contributed by atoms with Gasteiger partial charge in [0.15, 0.2) is 0 Å². The van der Waals surface area contributed by atoms with Crippen molar-refractivity contribution in [2.24, 2.45) is 0 Å². The van der Waals surface area contributed by atoms with Gasteiger partial charge in [0.2, 0.25) is 0 Å². The molecule has 0 spiro atoms. The average Bonchev–Trinajstić information content (AvgIpc) is 3.24. The van der Waals surface area contributed by atoms with E-state index in [-0.39, 0.29) is 6.04 Å².